The van der Waals surface area contributed by atoms with Crippen molar-refractivity contribution in [1.29, 1.82) is 0 Å². The van der Waals surface area contributed by atoms with Gasteiger partial charge in [-0.05, 0) is 72.9 Å². The second-order valence-corrected chi connectivity index (χ2v) is 9.56. The summed E-state index contributed by atoms with van der Waals surface area (Å²) in [4.78, 5) is 4.54. The molecule has 0 fully saturated rings. The number of rotatable bonds is 11. The van der Waals surface area contributed by atoms with Gasteiger partial charge in [-0.1, -0.05) is 24.3 Å². The molecule has 4 aromatic rings. The summed E-state index contributed by atoms with van der Waals surface area (Å²) >= 11 is 0. The Morgan fingerprint density at radius 3 is 2.20 bits per heavy atom. The van der Waals surface area contributed by atoms with Crippen LogP contribution in [-0.2, 0) is 12.0 Å². The molecule has 0 aliphatic heterocycles. The Balaban J connectivity index is 1.67. The zero-order chi connectivity index (χ0) is 28.9. The van der Waals surface area contributed by atoms with Crippen LogP contribution < -0.4 is 19.5 Å². The molecule has 4 rings (SSSR count). The maximum atomic E-state index is 13.1. The number of pyridine rings is 2. The van der Waals surface area contributed by atoms with Crippen LogP contribution in [0.2, 0.25) is 0 Å². The van der Waals surface area contributed by atoms with Crippen molar-refractivity contribution in [3.8, 4) is 17.2 Å². The fourth-order valence-electron chi connectivity index (χ4n) is 4.34. The highest BCUT2D eigenvalue weighted by Gasteiger charge is 2.23. The lowest BCUT2D eigenvalue weighted by Gasteiger charge is -2.28. The molecule has 0 aliphatic rings. The molecule has 0 amide bonds. The van der Waals surface area contributed by atoms with Gasteiger partial charge >= 0.3 is 13.2 Å². The minimum atomic E-state index is -3.25. The maximum absolute atomic E-state index is 13.1. The Morgan fingerprint density at radius 1 is 0.900 bits per heavy atom. The number of alkyl halides is 4. The molecule has 0 spiro atoms. The number of ether oxygens (including phenoxy) is 2. The van der Waals surface area contributed by atoms with Crippen LogP contribution in [0.25, 0.3) is 0 Å². The molecule has 210 valence electrons. The van der Waals surface area contributed by atoms with Crippen molar-refractivity contribution in [2.24, 2.45) is 0 Å². The molecule has 2 N–H and O–H groups in total. The maximum Gasteiger partial charge on any atom is 0.387 e. The van der Waals surface area contributed by atoms with Crippen LogP contribution in [0, 0.1) is 5.21 Å². The number of phenolic OH excluding ortho intramolecular Hbond substituents is 1. The molecule has 2 aromatic carbocycles. The van der Waals surface area contributed by atoms with Crippen molar-refractivity contribution < 1.29 is 36.9 Å². The third kappa shape index (κ3) is 7.31. The third-order valence-electron chi connectivity index (χ3n) is 6.31. The van der Waals surface area contributed by atoms with E-state index >= 15 is 0 Å². The molecule has 0 aliphatic carbocycles. The van der Waals surface area contributed by atoms with Crippen molar-refractivity contribution in [2.75, 3.05) is 5.32 Å². The van der Waals surface area contributed by atoms with Gasteiger partial charge in [0, 0.05) is 24.2 Å². The largest absolute Gasteiger partial charge is 0.619 e. The van der Waals surface area contributed by atoms with Gasteiger partial charge in [0.2, 0.25) is 0 Å². The monoisotopic (exact) mass is 557 g/mol. The molecule has 40 heavy (non-hydrogen) atoms. The first-order valence-electron chi connectivity index (χ1n) is 12.2. The molecule has 7 nitrogen and oxygen atoms in total. The number of hydrogen-bond donors (Lipinski definition) is 2. The van der Waals surface area contributed by atoms with E-state index < -0.39 is 36.2 Å². The second kappa shape index (κ2) is 12.1. The van der Waals surface area contributed by atoms with Gasteiger partial charge in [0.1, 0.15) is 11.6 Å². The van der Waals surface area contributed by atoms with Crippen molar-refractivity contribution in [3.63, 3.8) is 0 Å². The van der Waals surface area contributed by atoms with Crippen LogP contribution in [0.15, 0.2) is 85.3 Å². The van der Waals surface area contributed by atoms with E-state index in [4.69, 9.17) is 0 Å². The molecule has 2 aromatic heterocycles. The Kier molecular flexibility index (Phi) is 8.61. The number of aromatic nitrogens is 2. The summed E-state index contributed by atoms with van der Waals surface area (Å²) in [5.41, 5.74) is 2.22. The Labute approximate surface area is 228 Å². The Hall–Kier alpha value is -4.54. The van der Waals surface area contributed by atoms with Gasteiger partial charge in [0.25, 0.3) is 0 Å². The molecule has 1 unspecified atom stereocenters. The van der Waals surface area contributed by atoms with Crippen LogP contribution in [0.4, 0.5) is 23.4 Å². The zero-order valence-corrected chi connectivity index (χ0v) is 21.6. The molecule has 0 saturated heterocycles. The van der Waals surface area contributed by atoms with Gasteiger partial charge in [0.15, 0.2) is 23.9 Å². The second-order valence-electron chi connectivity index (χ2n) is 9.56. The lowest BCUT2D eigenvalue weighted by molar-refractivity contribution is -0.605. The van der Waals surface area contributed by atoms with Crippen molar-refractivity contribution in [3.05, 3.63) is 113 Å². The summed E-state index contributed by atoms with van der Waals surface area (Å²) in [6, 6.07) is 17.6. The van der Waals surface area contributed by atoms with E-state index in [-0.39, 0.29) is 5.75 Å². The van der Waals surface area contributed by atoms with Crippen LogP contribution in [0.1, 0.15) is 42.0 Å². The smallest absolute Gasteiger partial charge is 0.387 e. The van der Waals surface area contributed by atoms with E-state index in [1.165, 1.54) is 24.5 Å². The molecule has 0 saturated carbocycles. The topological polar surface area (TPSA) is 90.6 Å². The fourth-order valence-corrected chi connectivity index (χ4v) is 4.34. The van der Waals surface area contributed by atoms with Crippen molar-refractivity contribution in [1.82, 2.24) is 4.98 Å². The van der Waals surface area contributed by atoms with Gasteiger partial charge < -0.3 is 25.1 Å². The van der Waals surface area contributed by atoms with Gasteiger partial charge in [-0.15, -0.1) is 0 Å². The van der Waals surface area contributed by atoms with Gasteiger partial charge in [-0.25, -0.2) is 4.98 Å². The normalized spacial score (nSPS) is 12.4. The number of phenols is 1. The van der Waals surface area contributed by atoms with Crippen LogP contribution in [0.5, 0.6) is 17.2 Å². The number of nitrogens with one attached hydrogen (secondary N) is 1. The summed E-state index contributed by atoms with van der Waals surface area (Å²) in [5, 5.41) is 24.7. The number of benzene rings is 2. The summed E-state index contributed by atoms with van der Waals surface area (Å²) in [5.74, 6) is -0.824. The minimum absolute atomic E-state index is 0.141. The zero-order valence-electron chi connectivity index (χ0n) is 21.6. The molecule has 0 bridgehead atoms. The Bertz CT molecular complexity index is 1420. The highest BCUT2D eigenvalue weighted by molar-refractivity contribution is 5.48. The molecule has 11 heteroatoms. The number of nitrogens with zero attached hydrogens (tertiary/aromatic N) is 2. The van der Waals surface area contributed by atoms with Gasteiger partial charge in [-0.3, -0.25) is 0 Å². The summed E-state index contributed by atoms with van der Waals surface area (Å²) in [6.45, 7) is -2.60. The van der Waals surface area contributed by atoms with E-state index in [0.29, 0.717) is 28.1 Å². The van der Waals surface area contributed by atoms with Gasteiger partial charge in [-0.2, -0.15) is 22.3 Å². The van der Waals surface area contributed by atoms with E-state index in [1.807, 2.05) is 26.0 Å². The SMILES string of the molecule is CC(C)(Nc1ccc(C(Cc2cc[n+]([O-])cc2)c2ccc(OC(F)F)c(OC(F)F)c2)cn1)c1cccc(O)c1. The number of hydrogen-bond acceptors (Lipinski definition) is 6. The lowest BCUT2D eigenvalue weighted by atomic mass is 9.86. The fraction of sp³-hybridized carbons (Fsp3) is 0.241. The first-order valence-corrected chi connectivity index (χ1v) is 12.2. The van der Waals surface area contributed by atoms with E-state index in [9.17, 15) is 27.9 Å². The predicted molar refractivity (Wildman–Crippen MR) is 140 cm³/mol. The van der Waals surface area contributed by atoms with Crippen molar-refractivity contribution >= 4 is 5.82 Å². The number of halogens is 4. The van der Waals surface area contributed by atoms with Crippen LogP contribution >= 0.6 is 0 Å². The standard InChI is InChI=1S/C29H27F4N3O4/c1-29(2,21-4-3-5-22(37)16-21)35-26-9-7-20(17-34-26)23(14-18-10-12-36(38)13-11-18)19-6-8-24(39-27(30)31)25(15-19)40-28(32)33/h3-13,15-17,23,27-28,37H,14H2,1-2H3,(H,34,35). The lowest BCUT2D eigenvalue weighted by Crippen LogP contribution is -2.28. The van der Waals surface area contributed by atoms with E-state index in [1.54, 1.807) is 42.6 Å². The van der Waals surface area contributed by atoms with E-state index in [2.05, 4.69) is 19.8 Å². The van der Waals surface area contributed by atoms with Crippen molar-refractivity contribution in [2.45, 2.75) is 44.9 Å². The number of anilines is 1. The molecular formula is C29H27F4N3O4. The average molecular weight is 558 g/mol. The average Bonchev–Trinajstić information content (AvgIpc) is 2.89. The highest BCUT2D eigenvalue weighted by Crippen LogP contribution is 2.37. The van der Waals surface area contributed by atoms with E-state index in [0.717, 1.165) is 17.2 Å². The summed E-state index contributed by atoms with van der Waals surface area (Å²) < 4.78 is 61.3. The molecular weight excluding hydrogens is 530 g/mol. The quantitative estimate of drug-likeness (QED) is 0.127. The predicted octanol–water partition coefficient (Wildman–Crippen LogP) is 6.35. The molecule has 0 radical (unpaired) electrons. The highest BCUT2D eigenvalue weighted by atomic mass is 19.3. The minimum Gasteiger partial charge on any atom is -0.619 e. The summed E-state index contributed by atoms with van der Waals surface area (Å²) in [7, 11) is 0. The molecule has 2 heterocycles. The third-order valence-corrected chi connectivity index (χ3v) is 6.31. The number of aromatic hydroxyl groups is 1. The van der Waals surface area contributed by atoms with Gasteiger partial charge in [0.05, 0.1) is 5.54 Å². The first-order chi connectivity index (χ1) is 19.0. The summed E-state index contributed by atoms with van der Waals surface area (Å²) in [6.07, 6.45) is 4.64. The first kappa shape index (κ1) is 28.5. The van der Waals surface area contributed by atoms with Crippen LogP contribution in [-0.4, -0.2) is 23.3 Å². The Morgan fingerprint density at radius 2 is 1.57 bits per heavy atom. The van der Waals surface area contributed by atoms with Crippen LogP contribution in [0.3, 0.4) is 0 Å². The molecule has 1 atom stereocenters.